The third-order valence-corrected chi connectivity index (χ3v) is 3.51. The van der Waals surface area contributed by atoms with E-state index in [0.717, 1.165) is 29.4 Å². The monoisotopic (exact) mass is 264 g/mol. The van der Waals surface area contributed by atoms with Crippen molar-refractivity contribution in [2.75, 3.05) is 7.05 Å². The van der Waals surface area contributed by atoms with Crippen molar-refractivity contribution >= 4 is 11.6 Å². The molecule has 96 valence electrons. The molecule has 0 aromatic carbocycles. The highest BCUT2D eigenvalue weighted by atomic mass is 35.5. The van der Waals surface area contributed by atoms with Crippen LogP contribution in [-0.4, -0.2) is 21.8 Å². The number of pyridine rings is 1. The average molecular weight is 265 g/mol. The molecule has 2 aromatic rings. The molecule has 0 radical (unpaired) electrons. The maximum Gasteiger partial charge on any atom is 0.153 e. The van der Waals surface area contributed by atoms with Gasteiger partial charge in [-0.1, -0.05) is 17.7 Å². The number of rotatable bonds is 3. The second-order valence-corrected chi connectivity index (χ2v) is 4.72. The lowest BCUT2D eigenvalue weighted by Gasteiger charge is -2.08. The molecule has 0 saturated heterocycles. The standard InChI is InChI=1S/C13H17ClN4/c1-8-11(7-15-4)5-6-12(16-8)18-10(3)13(14)9(2)17-18/h5-6,15H,7H2,1-4H3. The van der Waals surface area contributed by atoms with E-state index < -0.39 is 0 Å². The fourth-order valence-corrected chi connectivity index (χ4v) is 2.04. The van der Waals surface area contributed by atoms with Crippen LogP contribution in [0.1, 0.15) is 22.6 Å². The summed E-state index contributed by atoms with van der Waals surface area (Å²) in [5.74, 6) is 0.805. The quantitative estimate of drug-likeness (QED) is 0.927. The number of halogens is 1. The molecule has 2 heterocycles. The van der Waals surface area contributed by atoms with Gasteiger partial charge < -0.3 is 5.32 Å². The molecule has 0 aliphatic rings. The van der Waals surface area contributed by atoms with Crippen LogP contribution in [0.3, 0.4) is 0 Å². The summed E-state index contributed by atoms with van der Waals surface area (Å²) in [5.41, 5.74) is 3.94. The zero-order valence-corrected chi connectivity index (χ0v) is 11.8. The van der Waals surface area contributed by atoms with Gasteiger partial charge in [0.25, 0.3) is 0 Å². The summed E-state index contributed by atoms with van der Waals surface area (Å²) in [7, 11) is 1.92. The fraction of sp³-hybridized carbons (Fsp3) is 0.385. The van der Waals surface area contributed by atoms with E-state index in [1.165, 1.54) is 5.56 Å². The average Bonchev–Trinajstić information content (AvgIpc) is 2.60. The number of aromatic nitrogens is 3. The van der Waals surface area contributed by atoms with Crippen molar-refractivity contribution in [1.29, 1.82) is 0 Å². The number of hydrogen-bond acceptors (Lipinski definition) is 3. The first-order valence-corrected chi connectivity index (χ1v) is 6.25. The summed E-state index contributed by atoms with van der Waals surface area (Å²) in [4.78, 5) is 4.58. The Balaban J connectivity index is 2.45. The second-order valence-electron chi connectivity index (χ2n) is 4.34. The zero-order valence-electron chi connectivity index (χ0n) is 11.1. The molecule has 5 heteroatoms. The molecule has 0 unspecified atom stereocenters. The SMILES string of the molecule is CNCc1ccc(-n2nc(C)c(Cl)c2C)nc1C. The predicted molar refractivity (Wildman–Crippen MR) is 73.3 cm³/mol. The molecule has 0 bridgehead atoms. The molecule has 0 aliphatic carbocycles. The fourth-order valence-electron chi connectivity index (χ4n) is 1.92. The van der Waals surface area contributed by atoms with Gasteiger partial charge in [-0.05, 0) is 39.4 Å². The van der Waals surface area contributed by atoms with Gasteiger partial charge in [-0.25, -0.2) is 9.67 Å². The number of hydrogen-bond donors (Lipinski definition) is 1. The second kappa shape index (κ2) is 5.08. The number of nitrogens with one attached hydrogen (secondary N) is 1. The minimum atomic E-state index is 0.703. The molecular formula is C13H17ClN4. The zero-order chi connectivity index (χ0) is 13.3. The van der Waals surface area contributed by atoms with Gasteiger partial charge in [-0.2, -0.15) is 5.10 Å². The summed E-state index contributed by atoms with van der Waals surface area (Å²) in [6.07, 6.45) is 0. The van der Waals surface area contributed by atoms with Crippen LogP contribution in [0.15, 0.2) is 12.1 Å². The van der Waals surface area contributed by atoms with Gasteiger partial charge in [-0.15, -0.1) is 0 Å². The lowest BCUT2D eigenvalue weighted by Crippen LogP contribution is -2.09. The van der Waals surface area contributed by atoms with Crippen molar-refractivity contribution in [2.24, 2.45) is 0 Å². The van der Waals surface area contributed by atoms with Crippen molar-refractivity contribution in [2.45, 2.75) is 27.3 Å². The Hall–Kier alpha value is -1.39. The van der Waals surface area contributed by atoms with E-state index >= 15 is 0 Å². The Morgan fingerprint density at radius 1 is 1.22 bits per heavy atom. The molecule has 4 nitrogen and oxygen atoms in total. The maximum absolute atomic E-state index is 6.15. The first-order valence-electron chi connectivity index (χ1n) is 5.87. The number of nitrogens with zero attached hydrogens (tertiary/aromatic N) is 3. The molecule has 18 heavy (non-hydrogen) atoms. The largest absolute Gasteiger partial charge is 0.316 e. The van der Waals surface area contributed by atoms with Crippen molar-refractivity contribution < 1.29 is 0 Å². The molecule has 2 rings (SSSR count). The molecule has 0 atom stereocenters. The highest BCUT2D eigenvalue weighted by Crippen LogP contribution is 2.22. The van der Waals surface area contributed by atoms with Crippen LogP contribution in [0.2, 0.25) is 5.02 Å². The highest BCUT2D eigenvalue weighted by molar-refractivity contribution is 6.31. The van der Waals surface area contributed by atoms with E-state index in [2.05, 4.69) is 21.5 Å². The van der Waals surface area contributed by atoms with E-state index in [-0.39, 0.29) is 0 Å². The van der Waals surface area contributed by atoms with Crippen molar-refractivity contribution in [3.05, 3.63) is 39.8 Å². The van der Waals surface area contributed by atoms with Crippen LogP contribution < -0.4 is 5.32 Å². The Bertz CT molecular complexity index is 575. The first kappa shape index (κ1) is 13.1. The van der Waals surface area contributed by atoms with Gasteiger partial charge in [0, 0.05) is 12.2 Å². The topological polar surface area (TPSA) is 42.7 Å². The Morgan fingerprint density at radius 3 is 2.44 bits per heavy atom. The molecule has 0 saturated carbocycles. The lowest BCUT2D eigenvalue weighted by atomic mass is 10.2. The van der Waals surface area contributed by atoms with E-state index in [4.69, 9.17) is 11.6 Å². The van der Waals surface area contributed by atoms with E-state index in [9.17, 15) is 0 Å². The van der Waals surface area contributed by atoms with Crippen LogP contribution in [0.4, 0.5) is 0 Å². The van der Waals surface area contributed by atoms with Crippen LogP contribution in [0, 0.1) is 20.8 Å². The Kier molecular flexibility index (Phi) is 3.68. The molecular weight excluding hydrogens is 248 g/mol. The Morgan fingerprint density at radius 2 is 1.94 bits per heavy atom. The van der Waals surface area contributed by atoms with Crippen molar-refractivity contribution in [3.8, 4) is 5.82 Å². The van der Waals surface area contributed by atoms with Gasteiger partial charge in [0.15, 0.2) is 5.82 Å². The van der Waals surface area contributed by atoms with Crippen LogP contribution in [0.25, 0.3) is 5.82 Å². The Labute approximate surface area is 112 Å². The van der Waals surface area contributed by atoms with Crippen molar-refractivity contribution in [1.82, 2.24) is 20.1 Å². The summed E-state index contributed by atoms with van der Waals surface area (Å²) in [6.45, 7) is 6.66. The van der Waals surface area contributed by atoms with Crippen LogP contribution in [0.5, 0.6) is 0 Å². The van der Waals surface area contributed by atoms with Gasteiger partial charge in [0.1, 0.15) is 0 Å². The van der Waals surface area contributed by atoms with Crippen LogP contribution in [-0.2, 0) is 6.54 Å². The number of aryl methyl sites for hydroxylation is 2. The van der Waals surface area contributed by atoms with E-state index in [1.54, 1.807) is 4.68 Å². The third kappa shape index (κ3) is 2.26. The third-order valence-electron chi connectivity index (χ3n) is 2.97. The van der Waals surface area contributed by atoms with Crippen LogP contribution >= 0.6 is 11.6 Å². The van der Waals surface area contributed by atoms with Gasteiger partial charge >= 0.3 is 0 Å². The van der Waals surface area contributed by atoms with Gasteiger partial charge in [0.05, 0.1) is 16.4 Å². The van der Waals surface area contributed by atoms with E-state index in [0.29, 0.717) is 5.02 Å². The molecule has 0 spiro atoms. The molecule has 2 aromatic heterocycles. The summed E-state index contributed by atoms with van der Waals surface area (Å²) < 4.78 is 1.79. The molecule has 0 fully saturated rings. The molecule has 0 aliphatic heterocycles. The minimum absolute atomic E-state index is 0.703. The first-order chi connectivity index (χ1) is 8.54. The summed E-state index contributed by atoms with van der Waals surface area (Å²) in [6, 6.07) is 4.04. The normalized spacial score (nSPS) is 10.9. The highest BCUT2D eigenvalue weighted by Gasteiger charge is 2.12. The minimum Gasteiger partial charge on any atom is -0.316 e. The predicted octanol–water partition coefficient (Wildman–Crippen LogP) is 2.57. The van der Waals surface area contributed by atoms with Gasteiger partial charge in [-0.3, -0.25) is 0 Å². The smallest absolute Gasteiger partial charge is 0.153 e. The lowest BCUT2D eigenvalue weighted by molar-refractivity contribution is 0.777. The molecule has 0 amide bonds. The molecule has 1 N–H and O–H groups in total. The van der Waals surface area contributed by atoms with Gasteiger partial charge in [0.2, 0.25) is 0 Å². The summed E-state index contributed by atoms with van der Waals surface area (Å²) >= 11 is 6.15. The summed E-state index contributed by atoms with van der Waals surface area (Å²) in [5, 5.41) is 8.23. The maximum atomic E-state index is 6.15. The van der Waals surface area contributed by atoms with E-state index in [1.807, 2.05) is 33.9 Å². The van der Waals surface area contributed by atoms with Crippen molar-refractivity contribution in [3.63, 3.8) is 0 Å².